The number of pyridine rings is 1. The third-order valence-electron chi connectivity index (χ3n) is 5.79. The van der Waals surface area contributed by atoms with Gasteiger partial charge in [-0.05, 0) is 66.9 Å². The van der Waals surface area contributed by atoms with Crippen LogP contribution in [0.4, 0.5) is 14.9 Å². The summed E-state index contributed by atoms with van der Waals surface area (Å²) in [5.74, 6) is -0.704. The second-order valence-electron chi connectivity index (χ2n) is 8.46. The summed E-state index contributed by atoms with van der Waals surface area (Å²) >= 11 is 6.01. The largest absolute Gasteiger partial charge is 0.507 e. The highest BCUT2D eigenvalue weighted by molar-refractivity contribution is 6.33. The van der Waals surface area contributed by atoms with Crippen LogP contribution in [0.1, 0.15) is 40.4 Å². The molecule has 0 radical (unpaired) electrons. The number of phenolic OH excluding ortho intramolecular Hbond substituents is 1. The van der Waals surface area contributed by atoms with Gasteiger partial charge in [-0.2, -0.15) is 9.78 Å². The quantitative estimate of drug-likeness (QED) is 0.242. The van der Waals surface area contributed by atoms with Crippen molar-refractivity contribution in [2.75, 3.05) is 5.32 Å². The zero-order chi connectivity index (χ0) is 25.2. The third kappa shape index (κ3) is 5.06. The predicted molar refractivity (Wildman–Crippen MR) is 133 cm³/mol. The minimum Gasteiger partial charge on any atom is -0.507 e. The summed E-state index contributed by atoms with van der Waals surface area (Å²) in [6.07, 6.45) is 3.34. The highest BCUT2D eigenvalue weighted by Gasteiger charge is 2.31. The molecule has 36 heavy (non-hydrogen) atoms. The van der Waals surface area contributed by atoms with Crippen LogP contribution in [0.15, 0.2) is 66.9 Å². The zero-order valence-electron chi connectivity index (χ0n) is 18.9. The Morgan fingerprint density at radius 2 is 1.94 bits per heavy atom. The molecule has 5 rings (SSSR count). The molecule has 8 nitrogen and oxygen atoms in total. The summed E-state index contributed by atoms with van der Waals surface area (Å²) in [6, 6.07) is 15.0. The van der Waals surface area contributed by atoms with Gasteiger partial charge in [0.05, 0.1) is 17.0 Å². The van der Waals surface area contributed by atoms with Crippen LogP contribution in [-0.2, 0) is 6.54 Å². The standard InChI is InChI=1S/C26H21ClFN5O3/c27-24-19(5-2-10-29-24)25(35)31-18-8-9-23(34)20(12-18)21-13-22(16-6-7-16)33(32-21)26(36)30-14-15-3-1-4-17(28)11-15/h1-5,8-13,16,34H,6-7,14H2,(H,30,36)(H,31,35). The number of hydrogen-bond acceptors (Lipinski definition) is 5. The summed E-state index contributed by atoms with van der Waals surface area (Å²) in [5, 5.41) is 20.6. The van der Waals surface area contributed by atoms with E-state index in [1.165, 1.54) is 29.1 Å². The lowest BCUT2D eigenvalue weighted by Gasteiger charge is -2.09. The lowest BCUT2D eigenvalue weighted by molar-refractivity contribution is 0.102. The highest BCUT2D eigenvalue weighted by atomic mass is 35.5. The van der Waals surface area contributed by atoms with Crippen LogP contribution in [0, 0.1) is 5.82 Å². The van der Waals surface area contributed by atoms with Crippen molar-refractivity contribution < 1.29 is 19.1 Å². The van der Waals surface area contributed by atoms with E-state index in [0.717, 1.165) is 18.5 Å². The van der Waals surface area contributed by atoms with Crippen molar-refractivity contribution in [3.8, 4) is 17.0 Å². The van der Waals surface area contributed by atoms with Crippen LogP contribution < -0.4 is 10.6 Å². The van der Waals surface area contributed by atoms with Crippen LogP contribution >= 0.6 is 11.6 Å². The van der Waals surface area contributed by atoms with Crippen molar-refractivity contribution in [3.05, 3.63) is 94.7 Å². The summed E-state index contributed by atoms with van der Waals surface area (Å²) in [7, 11) is 0. The number of benzene rings is 2. The van der Waals surface area contributed by atoms with Gasteiger partial charge in [-0.1, -0.05) is 23.7 Å². The lowest BCUT2D eigenvalue weighted by Crippen LogP contribution is -2.30. The van der Waals surface area contributed by atoms with Crippen molar-refractivity contribution in [3.63, 3.8) is 0 Å². The lowest BCUT2D eigenvalue weighted by atomic mass is 10.1. The van der Waals surface area contributed by atoms with Gasteiger partial charge >= 0.3 is 6.03 Å². The van der Waals surface area contributed by atoms with E-state index in [4.69, 9.17) is 11.6 Å². The number of halogens is 2. The number of nitrogens with zero attached hydrogens (tertiary/aromatic N) is 3. The van der Waals surface area contributed by atoms with Gasteiger partial charge in [0.2, 0.25) is 0 Å². The van der Waals surface area contributed by atoms with Crippen molar-refractivity contribution in [1.82, 2.24) is 20.1 Å². The molecule has 0 spiro atoms. The Balaban J connectivity index is 1.39. The SMILES string of the molecule is O=C(Nc1ccc(O)c(-c2cc(C3CC3)n(C(=O)NCc3cccc(F)c3)n2)c1)c1cccnc1Cl. The maximum atomic E-state index is 13.5. The molecule has 2 aromatic carbocycles. The van der Waals surface area contributed by atoms with Gasteiger partial charge in [0.15, 0.2) is 0 Å². The van der Waals surface area contributed by atoms with E-state index in [9.17, 15) is 19.1 Å². The molecule has 2 amide bonds. The monoisotopic (exact) mass is 505 g/mol. The van der Waals surface area contributed by atoms with Gasteiger partial charge in [0.1, 0.15) is 16.7 Å². The molecule has 4 aromatic rings. The number of aromatic hydroxyl groups is 1. The van der Waals surface area contributed by atoms with Gasteiger partial charge < -0.3 is 15.7 Å². The molecule has 0 saturated heterocycles. The second-order valence-corrected chi connectivity index (χ2v) is 8.81. The molecule has 0 bridgehead atoms. The van der Waals surface area contributed by atoms with E-state index in [1.54, 1.807) is 42.5 Å². The van der Waals surface area contributed by atoms with E-state index in [0.29, 0.717) is 22.5 Å². The molecule has 0 unspecified atom stereocenters. The van der Waals surface area contributed by atoms with Gasteiger partial charge in [-0.15, -0.1) is 0 Å². The Hall–Kier alpha value is -4.24. The first-order valence-corrected chi connectivity index (χ1v) is 11.6. The first-order valence-electron chi connectivity index (χ1n) is 11.3. The van der Waals surface area contributed by atoms with Crippen molar-refractivity contribution in [2.45, 2.75) is 25.3 Å². The number of amides is 2. The van der Waals surface area contributed by atoms with E-state index < -0.39 is 11.9 Å². The topological polar surface area (TPSA) is 109 Å². The number of anilines is 1. The molecule has 2 heterocycles. The number of hydrogen-bond donors (Lipinski definition) is 3. The molecule has 0 atom stereocenters. The van der Waals surface area contributed by atoms with Crippen molar-refractivity contribution >= 4 is 29.2 Å². The normalized spacial score (nSPS) is 12.8. The van der Waals surface area contributed by atoms with E-state index in [-0.39, 0.29) is 34.7 Å². The van der Waals surface area contributed by atoms with Gasteiger partial charge in [0.25, 0.3) is 5.91 Å². The Bertz CT molecular complexity index is 1470. The van der Waals surface area contributed by atoms with Crippen molar-refractivity contribution in [2.24, 2.45) is 0 Å². The van der Waals surface area contributed by atoms with Crippen molar-refractivity contribution in [1.29, 1.82) is 0 Å². The first kappa shape index (κ1) is 23.5. The van der Waals surface area contributed by atoms with Gasteiger partial charge in [0, 0.05) is 29.9 Å². The van der Waals surface area contributed by atoms with Crippen LogP contribution in [0.3, 0.4) is 0 Å². The number of carbonyl (C=O) groups excluding carboxylic acids is 2. The maximum absolute atomic E-state index is 13.5. The average Bonchev–Trinajstić information content (AvgIpc) is 3.62. The molecule has 10 heteroatoms. The fourth-order valence-electron chi connectivity index (χ4n) is 3.83. The van der Waals surface area contributed by atoms with Crippen LogP contribution in [0.5, 0.6) is 5.75 Å². The molecule has 0 aliphatic heterocycles. The molecule has 2 aromatic heterocycles. The summed E-state index contributed by atoms with van der Waals surface area (Å²) in [4.78, 5) is 29.5. The molecule has 1 aliphatic carbocycles. The number of nitrogens with one attached hydrogen (secondary N) is 2. The van der Waals surface area contributed by atoms with Crippen LogP contribution in [0.25, 0.3) is 11.3 Å². The highest BCUT2D eigenvalue weighted by Crippen LogP contribution is 2.42. The Kier molecular flexibility index (Phi) is 6.39. The second kappa shape index (κ2) is 9.79. The fourth-order valence-corrected chi connectivity index (χ4v) is 4.04. The fraction of sp³-hybridized carbons (Fsp3) is 0.154. The number of phenols is 1. The molecular weight excluding hydrogens is 485 g/mol. The molecule has 3 N–H and O–H groups in total. The molecule has 1 saturated carbocycles. The third-order valence-corrected chi connectivity index (χ3v) is 6.09. The van der Waals surface area contributed by atoms with Crippen LogP contribution in [0.2, 0.25) is 5.15 Å². The Labute approximate surface area is 210 Å². The number of aromatic nitrogens is 3. The summed E-state index contributed by atoms with van der Waals surface area (Å²) in [6.45, 7) is 0.138. The Morgan fingerprint density at radius 1 is 1.11 bits per heavy atom. The minimum atomic E-state index is -0.456. The molecule has 1 aliphatic rings. The first-order chi connectivity index (χ1) is 17.4. The Morgan fingerprint density at radius 3 is 2.69 bits per heavy atom. The molecule has 1 fully saturated rings. The van der Waals surface area contributed by atoms with Gasteiger partial charge in [-0.25, -0.2) is 14.2 Å². The number of rotatable bonds is 6. The molecular formula is C26H21ClFN5O3. The zero-order valence-corrected chi connectivity index (χ0v) is 19.7. The minimum absolute atomic E-state index is 0.0559. The predicted octanol–water partition coefficient (Wildman–Crippen LogP) is 5.33. The van der Waals surface area contributed by atoms with Gasteiger partial charge in [-0.3, -0.25) is 4.79 Å². The summed E-state index contributed by atoms with van der Waals surface area (Å²) < 4.78 is 14.7. The number of carbonyl (C=O) groups is 2. The van der Waals surface area contributed by atoms with E-state index >= 15 is 0 Å². The average molecular weight is 506 g/mol. The van der Waals surface area contributed by atoms with Crippen LogP contribution in [-0.4, -0.2) is 31.8 Å². The maximum Gasteiger partial charge on any atom is 0.342 e. The van der Waals surface area contributed by atoms with E-state index in [2.05, 4.69) is 20.7 Å². The van der Waals surface area contributed by atoms with E-state index in [1.807, 2.05) is 0 Å². The summed E-state index contributed by atoms with van der Waals surface area (Å²) in [5.41, 5.74) is 2.69. The smallest absolute Gasteiger partial charge is 0.342 e. The molecule has 182 valence electrons.